The Balaban J connectivity index is 1.95. The van der Waals surface area contributed by atoms with Crippen LogP contribution in [-0.2, 0) is 9.59 Å². The zero-order chi connectivity index (χ0) is 20.4. The molecule has 2 aromatic carbocycles. The first kappa shape index (κ1) is 19.7. The van der Waals surface area contributed by atoms with Crippen molar-refractivity contribution in [2.75, 3.05) is 4.90 Å². The van der Waals surface area contributed by atoms with Gasteiger partial charge in [-0.1, -0.05) is 24.6 Å². The number of nitrogens with zero attached hydrogens (tertiary/aromatic N) is 2. The highest BCUT2D eigenvalue weighted by atomic mass is 19.1. The van der Waals surface area contributed by atoms with Crippen molar-refractivity contribution >= 4 is 23.4 Å². The zero-order valence-corrected chi connectivity index (χ0v) is 16.2. The van der Waals surface area contributed by atoms with E-state index in [0.29, 0.717) is 17.7 Å². The summed E-state index contributed by atoms with van der Waals surface area (Å²) in [7, 11) is 0. The number of aryl methyl sites for hydroxylation is 1. The van der Waals surface area contributed by atoms with Crippen LogP contribution in [0.4, 0.5) is 10.1 Å². The molecule has 1 heterocycles. The monoisotopic (exact) mass is 382 g/mol. The van der Waals surface area contributed by atoms with Gasteiger partial charge in [-0.25, -0.2) is 9.29 Å². The van der Waals surface area contributed by atoms with E-state index in [1.807, 2.05) is 26.8 Å². The lowest BCUT2D eigenvalue weighted by atomic mass is 10.0. The summed E-state index contributed by atoms with van der Waals surface area (Å²) >= 11 is 0. The van der Waals surface area contributed by atoms with Crippen LogP contribution in [0.5, 0.6) is 0 Å². The lowest BCUT2D eigenvalue weighted by Crippen LogP contribution is -2.49. The van der Waals surface area contributed by atoms with Crippen LogP contribution in [0.15, 0.2) is 48.5 Å². The fourth-order valence-electron chi connectivity index (χ4n) is 3.47. The van der Waals surface area contributed by atoms with Crippen LogP contribution in [0.25, 0.3) is 0 Å². The van der Waals surface area contributed by atoms with Gasteiger partial charge in [-0.2, -0.15) is 0 Å². The maximum Gasteiger partial charge on any atom is 0.257 e. The molecular weight excluding hydrogens is 359 g/mol. The third-order valence-electron chi connectivity index (χ3n) is 5.11. The van der Waals surface area contributed by atoms with E-state index in [1.54, 1.807) is 18.2 Å². The molecule has 1 saturated heterocycles. The molecule has 0 N–H and O–H groups in total. The number of carbonyl (C=O) groups is 3. The Morgan fingerprint density at radius 3 is 2.50 bits per heavy atom. The number of imide groups is 1. The molecule has 0 aromatic heterocycles. The number of rotatable bonds is 5. The Labute approximate surface area is 163 Å². The highest BCUT2D eigenvalue weighted by Crippen LogP contribution is 2.28. The van der Waals surface area contributed by atoms with E-state index in [1.165, 1.54) is 29.2 Å². The van der Waals surface area contributed by atoms with Gasteiger partial charge >= 0.3 is 0 Å². The van der Waals surface area contributed by atoms with Crippen molar-refractivity contribution in [1.29, 1.82) is 0 Å². The highest BCUT2D eigenvalue weighted by Gasteiger charge is 2.45. The van der Waals surface area contributed by atoms with Gasteiger partial charge in [0, 0.05) is 11.6 Å². The minimum absolute atomic E-state index is 0.0852. The van der Waals surface area contributed by atoms with E-state index < -0.39 is 23.7 Å². The average Bonchev–Trinajstić information content (AvgIpc) is 2.96. The molecule has 1 aliphatic heterocycles. The van der Waals surface area contributed by atoms with E-state index in [9.17, 15) is 18.8 Å². The van der Waals surface area contributed by atoms with Crippen LogP contribution in [0, 0.1) is 12.7 Å². The van der Waals surface area contributed by atoms with Gasteiger partial charge in [0.2, 0.25) is 5.91 Å². The summed E-state index contributed by atoms with van der Waals surface area (Å²) in [4.78, 5) is 41.4. The number of amides is 3. The fourth-order valence-corrected chi connectivity index (χ4v) is 3.47. The number of halogens is 1. The number of anilines is 1. The minimum Gasteiger partial charge on any atom is -0.323 e. The van der Waals surface area contributed by atoms with Crippen LogP contribution < -0.4 is 4.90 Å². The number of carbonyl (C=O) groups excluding carboxylic acids is 3. The zero-order valence-electron chi connectivity index (χ0n) is 16.2. The normalized spacial score (nSPS) is 17.7. The predicted octanol–water partition coefficient (Wildman–Crippen LogP) is 3.71. The molecular formula is C22H23FN2O3. The SMILES string of the molecule is CCC(C)N(C(=O)c1cccc(C)c1)C1CC(=O)N(c2ccc(F)cc2)C1=O. The molecule has 6 heteroatoms. The molecule has 1 fully saturated rings. The van der Waals surface area contributed by atoms with E-state index >= 15 is 0 Å². The molecule has 3 rings (SSSR count). The summed E-state index contributed by atoms with van der Waals surface area (Å²) in [6.45, 7) is 5.69. The molecule has 2 unspecified atom stereocenters. The second-order valence-electron chi connectivity index (χ2n) is 7.10. The van der Waals surface area contributed by atoms with Crippen molar-refractivity contribution in [1.82, 2.24) is 4.90 Å². The molecule has 2 aromatic rings. The summed E-state index contributed by atoms with van der Waals surface area (Å²) in [6, 6.07) is 11.3. The molecule has 3 amide bonds. The summed E-state index contributed by atoms with van der Waals surface area (Å²) in [6.07, 6.45) is 0.560. The lowest BCUT2D eigenvalue weighted by Gasteiger charge is -2.33. The molecule has 146 valence electrons. The second kappa shape index (κ2) is 7.92. The van der Waals surface area contributed by atoms with Crippen molar-refractivity contribution in [2.24, 2.45) is 0 Å². The third kappa shape index (κ3) is 3.67. The lowest BCUT2D eigenvalue weighted by molar-refractivity contribution is -0.122. The molecule has 0 radical (unpaired) electrons. The van der Waals surface area contributed by atoms with Crippen LogP contribution in [-0.4, -0.2) is 34.7 Å². The Hall–Kier alpha value is -3.02. The molecule has 0 aliphatic carbocycles. The minimum atomic E-state index is -0.875. The first-order valence-corrected chi connectivity index (χ1v) is 9.35. The highest BCUT2D eigenvalue weighted by molar-refractivity contribution is 6.23. The van der Waals surface area contributed by atoms with Gasteiger partial charge in [-0.15, -0.1) is 0 Å². The summed E-state index contributed by atoms with van der Waals surface area (Å²) in [5.41, 5.74) is 1.74. The Bertz CT molecular complexity index is 910. The van der Waals surface area contributed by atoms with Crippen molar-refractivity contribution in [3.05, 3.63) is 65.5 Å². The quantitative estimate of drug-likeness (QED) is 0.741. The van der Waals surface area contributed by atoms with Gasteiger partial charge < -0.3 is 4.90 Å². The predicted molar refractivity (Wildman–Crippen MR) is 104 cm³/mol. The molecule has 2 atom stereocenters. The maximum absolute atomic E-state index is 13.2. The Kier molecular flexibility index (Phi) is 5.58. The molecule has 28 heavy (non-hydrogen) atoms. The number of hydrogen-bond donors (Lipinski definition) is 0. The maximum atomic E-state index is 13.2. The van der Waals surface area contributed by atoms with E-state index in [0.717, 1.165) is 10.5 Å². The van der Waals surface area contributed by atoms with Crippen molar-refractivity contribution in [3.63, 3.8) is 0 Å². The molecule has 0 saturated carbocycles. The van der Waals surface area contributed by atoms with Crippen LogP contribution >= 0.6 is 0 Å². The van der Waals surface area contributed by atoms with E-state index in [-0.39, 0.29) is 18.4 Å². The van der Waals surface area contributed by atoms with Crippen LogP contribution in [0.3, 0.4) is 0 Å². The van der Waals surface area contributed by atoms with Crippen molar-refractivity contribution < 1.29 is 18.8 Å². The van der Waals surface area contributed by atoms with Crippen LogP contribution in [0.2, 0.25) is 0 Å². The van der Waals surface area contributed by atoms with Gasteiger partial charge in [0.1, 0.15) is 11.9 Å². The number of hydrogen-bond acceptors (Lipinski definition) is 3. The molecule has 0 bridgehead atoms. The summed E-state index contributed by atoms with van der Waals surface area (Å²) in [5.74, 6) is -1.58. The third-order valence-corrected chi connectivity index (χ3v) is 5.11. The van der Waals surface area contributed by atoms with Gasteiger partial charge in [-0.05, 0) is 56.7 Å². The van der Waals surface area contributed by atoms with Crippen LogP contribution in [0.1, 0.15) is 42.6 Å². The summed E-state index contributed by atoms with van der Waals surface area (Å²) in [5, 5.41) is 0. The molecule has 0 spiro atoms. The van der Waals surface area contributed by atoms with Crippen molar-refractivity contribution in [3.8, 4) is 0 Å². The van der Waals surface area contributed by atoms with Gasteiger partial charge in [0.05, 0.1) is 12.1 Å². The smallest absolute Gasteiger partial charge is 0.257 e. The van der Waals surface area contributed by atoms with E-state index in [4.69, 9.17) is 0 Å². The summed E-state index contributed by atoms with van der Waals surface area (Å²) < 4.78 is 13.2. The van der Waals surface area contributed by atoms with Gasteiger partial charge in [-0.3, -0.25) is 14.4 Å². The molecule has 1 aliphatic rings. The fraction of sp³-hybridized carbons (Fsp3) is 0.318. The first-order valence-electron chi connectivity index (χ1n) is 9.35. The van der Waals surface area contributed by atoms with E-state index in [2.05, 4.69) is 0 Å². The Morgan fingerprint density at radius 2 is 1.89 bits per heavy atom. The standard InChI is InChI=1S/C22H23FN2O3/c1-4-15(3)24(21(27)16-7-5-6-14(2)12-16)19-13-20(26)25(22(19)28)18-10-8-17(23)9-11-18/h5-12,15,19H,4,13H2,1-3H3. The van der Waals surface area contributed by atoms with Gasteiger partial charge in [0.25, 0.3) is 11.8 Å². The number of benzene rings is 2. The average molecular weight is 382 g/mol. The van der Waals surface area contributed by atoms with Gasteiger partial charge in [0.15, 0.2) is 0 Å². The first-order chi connectivity index (χ1) is 13.3. The topological polar surface area (TPSA) is 57.7 Å². The largest absolute Gasteiger partial charge is 0.323 e. The second-order valence-corrected chi connectivity index (χ2v) is 7.10. The van der Waals surface area contributed by atoms with Crippen molar-refractivity contribution in [2.45, 2.75) is 45.7 Å². The Morgan fingerprint density at radius 1 is 1.21 bits per heavy atom. The molecule has 5 nitrogen and oxygen atoms in total.